The Bertz CT molecular complexity index is 710. The van der Waals surface area contributed by atoms with Gasteiger partial charge in [-0.1, -0.05) is 12.1 Å². The molecule has 0 saturated carbocycles. The molecule has 1 amide bonds. The number of aliphatic imine (C=N–C) groups is 1. The molecule has 7 heteroatoms. The summed E-state index contributed by atoms with van der Waals surface area (Å²) in [4.78, 5) is 19.4. The number of hydrogen-bond acceptors (Lipinski definition) is 4. The predicted molar refractivity (Wildman–Crippen MR) is 119 cm³/mol. The Morgan fingerprint density at radius 2 is 2.10 bits per heavy atom. The fourth-order valence-electron chi connectivity index (χ4n) is 4.18. The predicted octanol–water partition coefficient (Wildman–Crippen LogP) is 2.16. The van der Waals surface area contributed by atoms with Gasteiger partial charge in [0.15, 0.2) is 5.96 Å². The number of likely N-dealkylation sites (tertiary alicyclic amines) is 1. The summed E-state index contributed by atoms with van der Waals surface area (Å²) in [5, 5.41) is 16.1. The summed E-state index contributed by atoms with van der Waals surface area (Å²) in [6.45, 7) is 7.31. The van der Waals surface area contributed by atoms with Gasteiger partial charge in [-0.25, -0.2) is 4.99 Å². The third-order valence-electron chi connectivity index (χ3n) is 6.04. The first-order valence-electron chi connectivity index (χ1n) is 11.2. The lowest BCUT2D eigenvalue weighted by atomic mass is 9.84. The Morgan fingerprint density at radius 1 is 1.27 bits per heavy atom. The van der Waals surface area contributed by atoms with E-state index in [1.54, 1.807) is 0 Å². The number of aliphatic hydroxyl groups excluding tert-OH is 1. The minimum absolute atomic E-state index is 0.0360. The molecule has 1 atom stereocenters. The molecule has 2 aliphatic heterocycles. The van der Waals surface area contributed by atoms with Crippen LogP contribution in [0.3, 0.4) is 0 Å². The molecule has 0 aliphatic carbocycles. The minimum atomic E-state index is -0.0360. The summed E-state index contributed by atoms with van der Waals surface area (Å²) < 4.78 is 5.57. The number of carbonyl (C=O) groups is 1. The van der Waals surface area contributed by atoms with Crippen molar-refractivity contribution in [2.24, 2.45) is 10.4 Å². The van der Waals surface area contributed by atoms with E-state index in [-0.39, 0.29) is 17.9 Å². The highest BCUT2D eigenvalue weighted by Crippen LogP contribution is 2.31. The maximum absolute atomic E-state index is 12.8. The first-order valence-corrected chi connectivity index (χ1v) is 11.2. The molecule has 2 saturated heterocycles. The van der Waals surface area contributed by atoms with Gasteiger partial charge in [-0.05, 0) is 56.7 Å². The van der Waals surface area contributed by atoms with Gasteiger partial charge < -0.3 is 25.4 Å². The van der Waals surface area contributed by atoms with Crippen molar-refractivity contribution in [2.45, 2.75) is 45.6 Å². The molecule has 0 bridgehead atoms. The Morgan fingerprint density at radius 3 is 2.80 bits per heavy atom. The van der Waals surface area contributed by atoms with Crippen LogP contribution in [0.4, 0.5) is 0 Å². The highest BCUT2D eigenvalue weighted by Gasteiger charge is 2.34. The van der Waals surface area contributed by atoms with Gasteiger partial charge in [-0.3, -0.25) is 4.79 Å². The second-order valence-electron chi connectivity index (χ2n) is 8.38. The number of aliphatic hydroxyl groups is 1. The molecule has 1 aromatic rings. The summed E-state index contributed by atoms with van der Waals surface area (Å²) in [7, 11) is 0. The quantitative estimate of drug-likeness (QED) is 0.447. The van der Waals surface area contributed by atoms with Gasteiger partial charge in [0.05, 0.1) is 13.2 Å². The molecule has 2 heterocycles. The molecule has 7 nitrogen and oxygen atoms in total. The first-order chi connectivity index (χ1) is 14.7. The molecule has 0 radical (unpaired) electrons. The van der Waals surface area contributed by atoms with Crippen LogP contribution in [0, 0.1) is 5.41 Å². The zero-order valence-corrected chi connectivity index (χ0v) is 18.2. The SMILES string of the molecule is CCNC(=NCc1cccc(C(=O)N2CCCCC2)c1)NCC1(CCO)CCOC1. The van der Waals surface area contributed by atoms with Crippen LogP contribution in [0.5, 0.6) is 0 Å². The molecular weight excluding hydrogens is 380 g/mol. The number of hydrogen-bond donors (Lipinski definition) is 3. The second kappa shape index (κ2) is 11.3. The van der Waals surface area contributed by atoms with Gasteiger partial charge in [-0.2, -0.15) is 0 Å². The van der Waals surface area contributed by atoms with Crippen molar-refractivity contribution in [3.05, 3.63) is 35.4 Å². The molecule has 0 aromatic heterocycles. The van der Waals surface area contributed by atoms with E-state index in [9.17, 15) is 9.90 Å². The Kier molecular flexibility index (Phi) is 8.51. The molecular formula is C23H36N4O3. The summed E-state index contributed by atoms with van der Waals surface area (Å²) in [6.07, 6.45) is 5.07. The highest BCUT2D eigenvalue weighted by molar-refractivity contribution is 5.94. The number of amides is 1. The Hall–Kier alpha value is -2.12. The molecule has 3 N–H and O–H groups in total. The largest absolute Gasteiger partial charge is 0.396 e. The average molecular weight is 417 g/mol. The van der Waals surface area contributed by atoms with E-state index >= 15 is 0 Å². The Labute approximate surface area is 179 Å². The monoisotopic (exact) mass is 416 g/mol. The summed E-state index contributed by atoms with van der Waals surface area (Å²) in [5.74, 6) is 0.868. The maximum atomic E-state index is 12.8. The maximum Gasteiger partial charge on any atom is 0.253 e. The Balaban J connectivity index is 1.62. The number of rotatable bonds is 8. The van der Waals surface area contributed by atoms with E-state index in [1.165, 1.54) is 6.42 Å². The van der Waals surface area contributed by atoms with Crippen molar-refractivity contribution in [1.29, 1.82) is 0 Å². The number of nitrogens with zero attached hydrogens (tertiary/aromatic N) is 2. The van der Waals surface area contributed by atoms with Crippen molar-refractivity contribution in [1.82, 2.24) is 15.5 Å². The van der Waals surface area contributed by atoms with E-state index in [1.807, 2.05) is 36.1 Å². The van der Waals surface area contributed by atoms with Gasteiger partial charge in [0, 0.05) is 50.4 Å². The number of benzene rings is 1. The van der Waals surface area contributed by atoms with Gasteiger partial charge in [0.25, 0.3) is 5.91 Å². The molecule has 2 fully saturated rings. The van der Waals surface area contributed by atoms with Gasteiger partial charge in [0.1, 0.15) is 0 Å². The standard InChI is InChI=1S/C23H36N4O3/c1-2-24-22(26-17-23(9-13-28)10-14-30-18-23)25-16-19-7-6-8-20(15-19)21(29)27-11-4-3-5-12-27/h6-8,15,28H,2-5,9-14,16-18H2,1H3,(H2,24,25,26). The van der Waals surface area contributed by atoms with E-state index < -0.39 is 0 Å². The van der Waals surface area contributed by atoms with Crippen LogP contribution >= 0.6 is 0 Å². The number of piperidine rings is 1. The lowest BCUT2D eigenvalue weighted by Crippen LogP contribution is -2.44. The normalized spacial score (nSPS) is 22.2. The van der Waals surface area contributed by atoms with E-state index in [0.29, 0.717) is 19.7 Å². The van der Waals surface area contributed by atoms with E-state index in [0.717, 1.165) is 69.0 Å². The van der Waals surface area contributed by atoms with Crippen molar-refractivity contribution in [3.63, 3.8) is 0 Å². The van der Waals surface area contributed by atoms with Crippen LogP contribution in [0.25, 0.3) is 0 Å². The van der Waals surface area contributed by atoms with Crippen LogP contribution in [-0.2, 0) is 11.3 Å². The molecule has 166 valence electrons. The zero-order chi connectivity index (χ0) is 21.2. The fraction of sp³-hybridized carbons (Fsp3) is 0.652. The van der Waals surface area contributed by atoms with Crippen LogP contribution in [0.15, 0.2) is 29.3 Å². The smallest absolute Gasteiger partial charge is 0.253 e. The first kappa shape index (κ1) is 22.6. The summed E-state index contributed by atoms with van der Waals surface area (Å²) >= 11 is 0. The van der Waals surface area contributed by atoms with Crippen LogP contribution < -0.4 is 10.6 Å². The van der Waals surface area contributed by atoms with Crippen LogP contribution in [0.2, 0.25) is 0 Å². The van der Waals surface area contributed by atoms with Crippen LogP contribution in [0.1, 0.15) is 54.9 Å². The lowest BCUT2D eigenvalue weighted by Gasteiger charge is -2.27. The molecule has 0 spiro atoms. The molecule has 3 rings (SSSR count). The van der Waals surface area contributed by atoms with Crippen molar-refractivity contribution >= 4 is 11.9 Å². The molecule has 1 aromatic carbocycles. The number of nitrogens with one attached hydrogen (secondary N) is 2. The third kappa shape index (κ3) is 6.19. The van der Waals surface area contributed by atoms with Gasteiger partial charge >= 0.3 is 0 Å². The third-order valence-corrected chi connectivity index (χ3v) is 6.04. The number of ether oxygens (including phenoxy) is 1. The van der Waals surface area contributed by atoms with Crippen LogP contribution in [-0.4, -0.2) is 67.9 Å². The molecule has 1 unspecified atom stereocenters. The van der Waals surface area contributed by atoms with E-state index in [2.05, 4.69) is 10.6 Å². The van der Waals surface area contributed by atoms with Crippen molar-refractivity contribution in [2.75, 3.05) is 46.0 Å². The highest BCUT2D eigenvalue weighted by atomic mass is 16.5. The number of carbonyl (C=O) groups excluding carboxylic acids is 1. The lowest BCUT2D eigenvalue weighted by molar-refractivity contribution is 0.0724. The van der Waals surface area contributed by atoms with Gasteiger partial charge in [0.2, 0.25) is 0 Å². The second-order valence-corrected chi connectivity index (χ2v) is 8.38. The van der Waals surface area contributed by atoms with Crippen molar-refractivity contribution < 1.29 is 14.6 Å². The zero-order valence-electron chi connectivity index (χ0n) is 18.2. The molecule has 30 heavy (non-hydrogen) atoms. The van der Waals surface area contributed by atoms with Gasteiger partial charge in [-0.15, -0.1) is 0 Å². The van der Waals surface area contributed by atoms with Crippen molar-refractivity contribution in [3.8, 4) is 0 Å². The fourth-order valence-corrected chi connectivity index (χ4v) is 4.18. The average Bonchev–Trinajstić information content (AvgIpc) is 3.25. The van der Waals surface area contributed by atoms with E-state index in [4.69, 9.17) is 9.73 Å². The topological polar surface area (TPSA) is 86.2 Å². The summed E-state index contributed by atoms with van der Waals surface area (Å²) in [6, 6.07) is 7.81. The minimum Gasteiger partial charge on any atom is -0.396 e. The summed E-state index contributed by atoms with van der Waals surface area (Å²) in [5.41, 5.74) is 1.73. The number of guanidine groups is 1. The molecule has 2 aliphatic rings.